The maximum Gasteiger partial charge on any atom is 0.0722 e. The fourth-order valence-corrected chi connectivity index (χ4v) is 1.90. The molecule has 2 heteroatoms. The van der Waals surface area contributed by atoms with Gasteiger partial charge in [-0.1, -0.05) is 29.3 Å². The van der Waals surface area contributed by atoms with Gasteiger partial charge < -0.3 is 5.11 Å². The van der Waals surface area contributed by atoms with E-state index in [1.807, 2.05) is 13.0 Å². The number of rotatable bonds is 1. The fourth-order valence-electron chi connectivity index (χ4n) is 1.72. The first kappa shape index (κ1) is 9.82. The maximum atomic E-state index is 9.99. The van der Waals surface area contributed by atoms with Crippen molar-refractivity contribution in [3.63, 3.8) is 0 Å². The third-order valence-electron chi connectivity index (χ3n) is 2.46. The van der Waals surface area contributed by atoms with Gasteiger partial charge in [0.25, 0.3) is 0 Å². The Hall–Kier alpha value is -0.270. The van der Waals surface area contributed by atoms with Gasteiger partial charge in [0.05, 0.1) is 5.60 Å². The molecule has 1 N–H and O–H groups in total. The third-order valence-corrected chi connectivity index (χ3v) is 2.61. The van der Waals surface area contributed by atoms with Crippen LogP contribution < -0.4 is 0 Å². The van der Waals surface area contributed by atoms with Crippen LogP contribution in [0.25, 0.3) is 0 Å². The molecular formula is C10H15ClO. The maximum absolute atomic E-state index is 9.99. The van der Waals surface area contributed by atoms with Crippen LogP contribution in [0, 0.1) is 5.92 Å². The average molecular weight is 187 g/mol. The molecule has 2 atom stereocenters. The Balaban J connectivity index is 2.77. The first-order valence-electron chi connectivity index (χ1n) is 4.21. The van der Waals surface area contributed by atoms with Crippen molar-refractivity contribution < 1.29 is 5.11 Å². The van der Waals surface area contributed by atoms with Gasteiger partial charge in [0.1, 0.15) is 0 Å². The Morgan fingerprint density at radius 1 is 1.75 bits per heavy atom. The summed E-state index contributed by atoms with van der Waals surface area (Å²) in [5.74, 6) is 0.165. The summed E-state index contributed by atoms with van der Waals surface area (Å²) in [6, 6.07) is 0. The molecule has 0 fully saturated rings. The van der Waals surface area contributed by atoms with Gasteiger partial charge in [-0.05, 0) is 26.7 Å². The van der Waals surface area contributed by atoms with Gasteiger partial charge in [0, 0.05) is 11.5 Å². The summed E-state index contributed by atoms with van der Waals surface area (Å²) in [5.41, 5.74) is 2.14. The van der Waals surface area contributed by atoms with Crippen molar-refractivity contribution in [2.75, 3.05) is 0 Å². The van der Waals surface area contributed by atoms with E-state index in [9.17, 15) is 5.11 Å². The Morgan fingerprint density at radius 2 is 2.42 bits per heavy atom. The van der Waals surface area contributed by atoms with E-state index in [1.54, 1.807) is 0 Å². The van der Waals surface area contributed by atoms with E-state index in [0.29, 0.717) is 0 Å². The highest BCUT2D eigenvalue weighted by molar-refractivity contribution is 6.25. The highest BCUT2D eigenvalue weighted by Gasteiger charge is 2.32. The van der Waals surface area contributed by atoms with Gasteiger partial charge in [-0.25, -0.2) is 0 Å². The molecule has 1 aliphatic carbocycles. The van der Waals surface area contributed by atoms with Crippen LogP contribution in [-0.2, 0) is 0 Å². The van der Waals surface area contributed by atoms with Gasteiger partial charge in [-0.2, -0.15) is 0 Å². The second-order valence-corrected chi connectivity index (χ2v) is 4.00. The second kappa shape index (κ2) is 3.63. The average Bonchev–Trinajstić information content (AvgIpc) is 1.94. The Labute approximate surface area is 78.7 Å². The summed E-state index contributed by atoms with van der Waals surface area (Å²) in [5, 5.41) is 9.99. The van der Waals surface area contributed by atoms with Crippen LogP contribution in [0.3, 0.4) is 0 Å². The van der Waals surface area contributed by atoms with E-state index < -0.39 is 5.60 Å². The molecule has 0 aromatic rings. The Bertz CT molecular complexity index is 216. The van der Waals surface area contributed by atoms with E-state index in [4.69, 9.17) is 11.6 Å². The summed E-state index contributed by atoms with van der Waals surface area (Å²) >= 11 is 5.49. The normalized spacial score (nSPS) is 37.0. The van der Waals surface area contributed by atoms with Crippen LogP contribution in [0.4, 0.5) is 0 Å². The van der Waals surface area contributed by atoms with Crippen molar-refractivity contribution >= 4 is 11.6 Å². The Morgan fingerprint density at radius 3 is 2.92 bits per heavy atom. The van der Waals surface area contributed by atoms with Crippen LogP contribution in [0.2, 0.25) is 0 Å². The molecule has 2 unspecified atom stereocenters. The molecule has 0 aromatic heterocycles. The number of hydrogen-bond donors (Lipinski definition) is 1. The number of allylic oxidation sites excluding steroid dienone is 1. The van der Waals surface area contributed by atoms with Crippen LogP contribution in [0.5, 0.6) is 0 Å². The molecule has 1 rings (SSSR count). The predicted octanol–water partition coefficient (Wildman–Crippen LogP) is 2.85. The molecule has 0 heterocycles. The molecule has 0 aromatic carbocycles. The van der Waals surface area contributed by atoms with Crippen LogP contribution in [0.1, 0.15) is 26.7 Å². The molecular weight excluding hydrogens is 172 g/mol. The molecule has 68 valence electrons. The summed E-state index contributed by atoms with van der Waals surface area (Å²) in [6.45, 7) is 3.92. The Kier molecular flexibility index (Phi) is 2.97. The van der Waals surface area contributed by atoms with Crippen LogP contribution in [-0.4, -0.2) is 10.7 Å². The van der Waals surface area contributed by atoms with E-state index in [0.717, 1.165) is 12.8 Å². The summed E-state index contributed by atoms with van der Waals surface area (Å²) < 4.78 is 0. The zero-order chi connectivity index (χ0) is 9.19. The van der Waals surface area contributed by atoms with Crippen molar-refractivity contribution in [2.24, 2.45) is 5.92 Å². The minimum Gasteiger partial charge on any atom is -0.389 e. The van der Waals surface area contributed by atoms with E-state index in [2.05, 4.69) is 13.0 Å². The van der Waals surface area contributed by atoms with Crippen molar-refractivity contribution in [3.8, 4) is 0 Å². The van der Waals surface area contributed by atoms with Crippen LogP contribution >= 0.6 is 11.6 Å². The van der Waals surface area contributed by atoms with Crippen molar-refractivity contribution in [1.29, 1.82) is 0 Å². The SMILES string of the molecule is CC1=CCC(/C=C/Cl)C(C)(O)C1. The third kappa shape index (κ3) is 2.11. The molecule has 12 heavy (non-hydrogen) atoms. The molecule has 0 spiro atoms. The zero-order valence-corrected chi connectivity index (χ0v) is 8.30. The number of hydrogen-bond acceptors (Lipinski definition) is 1. The largest absolute Gasteiger partial charge is 0.389 e. The van der Waals surface area contributed by atoms with E-state index >= 15 is 0 Å². The first-order valence-corrected chi connectivity index (χ1v) is 4.65. The predicted molar refractivity (Wildman–Crippen MR) is 52.1 cm³/mol. The van der Waals surface area contributed by atoms with Gasteiger partial charge >= 0.3 is 0 Å². The minimum absolute atomic E-state index is 0.165. The van der Waals surface area contributed by atoms with E-state index in [1.165, 1.54) is 11.1 Å². The lowest BCUT2D eigenvalue weighted by Crippen LogP contribution is -2.35. The van der Waals surface area contributed by atoms with Gasteiger partial charge in [0.15, 0.2) is 0 Å². The van der Waals surface area contributed by atoms with Gasteiger partial charge in [-0.3, -0.25) is 0 Å². The van der Waals surface area contributed by atoms with Crippen molar-refractivity contribution in [3.05, 3.63) is 23.3 Å². The molecule has 0 saturated heterocycles. The van der Waals surface area contributed by atoms with Gasteiger partial charge in [-0.15, -0.1) is 0 Å². The second-order valence-electron chi connectivity index (χ2n) is 3.75. The summed E-state index contributed by atoms with van der Waals surface area (Å²) in [4.78, 5) is 0. The van der Waals surface area contributed by atoms with Gasteiger partial charge in [0.2, 0.25) is 0 Å². The summed E-state index contributed by atoms with van der Waals surface area (Å²) in [6.07, 6.45) is 5.67. The molecule has 0 bridgehead atoms. The monoisotopic (exact) mass is 186 g/mol. The summed E-state index contributed by atoms with van der Waals surface area (Å²) in [7, 11) is 0. The van der Waals surface area contributed by atoms with Crippen molar-refractivity contribution in [1.82, 2.24) is 0 Å². The standard InChI is InChI=1S/C10H15ClO/c1-8-3-4-9(5-6-11)10(2,12)7-8/h3,5-6,9,12H,4,7H2,1-2H3/b6-5+. The molecule has 0 radical (unpaired) electrons. The lowest BCUT2D eigenvalue weighted by atomic mass is 9.77. The van der Waals surface area contributed by atoms with E-state index in [-0.39, 0.29) is 5.92 Å². The minimum atomic E-state index is -0.621. The molecule has 1 nitrogen and oxygen atoms in total. The molecule has 1 aliphatic rings. The molecule has 0 saturated carbocycles. The van der Waals surface area contributed by atoms with Crippen molar-refractivity contribution in [2.45, 2.75) is 32.3 Å². The lowest BCUT2D eigenvalue weighted by Gasteiger charge is -2.34. The fraction of sp³-hybridized carbons (Fsp3) is 0.600. The lowest BCUT2D eigenvalue weighted by molar-refractivity contribution is 0.0142. The zero-order valence-electron chi connectivity index (χ0n) is 7.55. The first-order chi connectivity index (χ1) is 5.56. The number of halogens is 1. The highest BCUT2D eigenvalue weighted by atomic mass is 35.5. The molecule has 0 amide bonds. The molecule has 0 aliphatic heterocycles. The van der Waals surface area contributed by atoms with Crippen LogP contribution in [0.15, 0.2) is 23.3 Å². The quantitative estimate of drug-likeness (QED) is 0.625. The highest BCUT2D eigenvalue weighted by Crippen LogP contribution is 2.33. The topological polar surface area (TPSA) is 20.2 Å². The number of aliphatic hydroxyl groups is 1. The smallest absolute Gasteiger partial charge is 0.0722 e.